The summed E-state index contributed by atoms with van der Waals surface area (Å²) in [5, 5.41) is 4.99. The largest absolute Gasteiger partial charge is 0.305 e. The predicted molar refractivity (Wildman–Crippen MR) is 81.3 cm³/mol. The number of aryl methyl sites for hydroxylation is 2. The highest BCUT2D eigenvalue weighted by Crippen LogP contribution is 2.35. The van der Waals surface area contributed by atoms with Gasteiger partial charge in [-0.05, 0) is 39.2 Å². The third-order valence-corrected chi connectivity index (χ3v) is 5.26. The predicted octanol–water partition coefficient (Wildman–Crippen LogP) is 4.27. The average Bonchev–Trinajstić information content (AvgIpc) is 2.76. The smallest absolute Gasteiger partial charge is 0.113 e. The first-order valence-electron chi connectivity index (χ1n) is 7.21. The molecule has 0 fully saturated rings. The summed E-state index contributed by atoms with van der Waals surface area (Å²) < 4.78 is 0. The maximum absolute atomic E-state index is 4.88. The minimum Gasteiger partial charge on any atom is -0.305 e. The lowest BCUT2D eigenvalue weighted by Crippen LogP contribution is -2.45. The van der Waals surface area contributed by atoms with E-state index >= 15 is 0 Å². The summed E-state index contributed by atoms with van der Waals surface area (Å²) in [5.41, 5.74) is 1.29. The molecule has 1 rings (SSSR count). The van der Waals surface area contributed by atoms with E-state index in [1.807, 2.05) is 11.3 Å². The second kappa shape index (κ2) is 6.67. The summed E-state index contributed by atoms with van der Waals surface area (Å²) in [6.07, 6.45) is 3.37. The fourth-order valence-corrected chi connectivity index (χ4v) is 3.47. The minimum absolute atomic E-state index is 0.0214. The minimum atomic E-state index is 0.0214. The molecule has 0 amide bonds. The van der Waals surface area contributed by atoms with Crippen LogP contribution in [0.1, 0.15) is 63.0 Å². The highest BCUT2D eigenvalue weighted by molar-refractivity contribution is 7.11. The van der Waals surface area contributed by atoms with Gasteiger partial charge in [0.05, 0.1) is 11.2 Å². The van der Waals surface area contributed by atoms with Crippen molar-refractivity contribution in [3.8, 4) is 0 Å². The van der Waals surface area contributed by atoms with Gasteiger partial charge in [-0.15, -0.1) is 11.3 Å². The summed E-state index contributed by atoms with van der Waals surface area (Å²) in [7, 11) is 0. The third kappa shape index (κ3) is 3.12. The molecule has 18 heavy (non-hydrogen) atoms. The number of rotatable bonds is 7. The molecule has 0 spiro atoms. The fraction of sp³-hybridized carbons (Fsp3) is 0.800. The maximum atomic E-state index is 4.88. The molecule has 104 valence electrons. The van der Waals surface area contributed by atoms with Gasteiger partial charge < -0.3 is 5.32 Å². The molecule has 1 aromatic rings. The van der Waals surface area contributed by atoms with Crippen molar-refractivity contribution < 1.29 is 0 Å². The van der Waals surface area contributed by atoms with Gasteiger partial charge in [-0.3, -0.25) is 0 Å². The number of hydrogen-bond acceptors (Lipinski definition) is 3. The summed E-state index contributed by atoms with van der Waals surface area (Å²) >= 11 is 1.87. The molecule has 3 heteroatoms. The second-order valence-corrected chi connectivity index (χ2v) is 6.52. The average molecular weight is 268 g/mol. The van der Waals surface area contributed by atoms with E-state index in [0.29, 0.717) is 5.92 Å². The first-order chi connectivity index (χ1) is 8.49. The highest BCUT2D eigenvalue weighted by atomic mass is 32.1. The van der Waals surface area contributed by atoms with E-state index in [9.17, 15) is 0 Å². The molecule has 1 N–H and O–H groups in total. The van der Waals surface area contributed by atoms with E-state index in [2.05, 4.69) is 46.9 Å². The Morgan fingerprint density at radius 1 is 1.33 bits per heavy atom. The molecule has 0 bridgehead atoms. The van der Waals surface area contributed by atoms with Gasteiger partial charge in [0, 0.05) is 4.88 Å². The maximum Gasteiger partial charge on any atom is 0.113 e. The molecule has 2 unspecified atom stereocenters. The van der Waals surface area contributed by atoms with Crippen LogP contribution in [0, 0.1) is 12.8 Å². The summed E-state index contributed by atoms with van der Waals surface area (Å²) in [4.78, 5) is 6.25. The standard InChI is InChI=1S/C15H28N2S/c1-7-10-16-15(6,11(4)8-2)14-17-13(9-3)12(5)18-14/h11,16H,7-10H2,1-6H3. The Labute approximate surface area is 116 Å². The van der Waals surface area contributed by atoms with Crippen LogP contribution < -0.4 is 5.32 Å². The van der Waals surface area contributed by atoms with Crippen LogP contribution in [-0.2, 0) is 12.0 Å². The molecule has 0 aliphatic heterocycles. The zero-order valence-corrected chi connectivity index (χ0v) is 13.6. The molecule has 0 aliphatic carbocycles. The Morgan fingerprint density at radius 3 is 2.44 bits per heavy atom. The molecule has 0 saturated heterocycles. The molecule has 2 nitrogen and oxygen atoms in total. The van der Waals surface area contributed by atoms with Crippen LogP contribution in [0.25, 0.3) is 0 Å². The molecular formula is C15H28N2S. The van der Waals surface area contributed by atoms with Crippen molar-refractivity contribution in [2.75, 3.05) is 6.54 Å². The van der Waals surface area contributed by atoms with Crippen molar-refractivity contribution >= 4 is 11.3 Å². The number of thiazole rings is 1. The van der Waals surface area contributed by atoms with Gasteiger partial charge in [0.15, 0.2) is 0 Å². The summed E-state index contributed by atoms with van der Waals surface area (Å²) in [6, 6.07) is 0. The van der Waals surface area contributed by atoms with Crippen LogP contribution in [0.5, 0.6) is 0 Å². The Kier molecular flexibility index (Phi) is 5.80. The zero-order chi connectivity index (χ0) is 13.8. The van der Waals surface area contributed by atoms with E-state index < -0.39 is 0 Å². The number of hydrogen-bond donors (Lipinski definition) is 1. The van der Waals surface area contributed by atoms with Crippen molar-refractivity contribution in [3.63, 3.8) is 0 Å². The lowest BCUT2D eigenvalue weighted by atomic mass is 9.85. The van der Waals surface area contributed by atoms with Crippen molar-refractivity contribution in [1.29, 1.82) is 0 Å². The van der Waals surface area contributed by atoms with Gasteiger partial charge in [0.1, 0.15) is 5.01 Å². The second-order valence-electron chi connectivity index (χ2n) is 5.31. The van der Waals surface area contributed by atoms with E-state index in [4.69, 9.17) is 4.98 Å². The van der Waals surface area contributed by atoms with Gasteiger partial charge in [-0.1, -0.05) is 34.1 Å². The molecule has 0 aromatic carbocycles. The van der Waals surface area contributed by atoms with E-state index in [-0.39, 0.29) is 5.54 Å². The molecule has 1 heterocycles. The van der Waals surface area contributed by atoms with Crippen molar-refractivity contribution in [3.05, 3.63) is 15.6 Å². The van der Waals surface area contributed by atoms with E-state index in [1.165, 1.54) is 22.0 Å². The first-order valence-corrected chi connectivity index (χ1v) is 8.02. The highest BCUT2D eigenvalue weighted by Gasteiger charge is 2.34. The van der Waals surface area contributed by atoms with Crippen LogP contribution >= 0.6 is 11.3 Å². The van der Waals surface area contributed by atoms with Crippen LogP contribution in [-0.4, -0.2) is 11.5 Å². The molecule has 1 aromatic heterocycles. The van der Waals surface area contributed by atoms with E-state index in [1.54, 1.807) is 0 Å². The molecule has 0 aliphatic rings. The zero-order valence-electron chi connectivity index (χ0n) is 12.8. The van der Waals surface area contributed by atoms with Crippen molar-refractivity contribution in [2.24, 2.45) is 5.92 Å². The Hall–Kier alpha value is -0.410. The third-order valence-electron chi connectivity index (χ3n) is 4.01. The molecule has 0 radical (unpaired) electrons. The Bertz CT molecular complexity index is 373. The molecule has 0 saturated carbocycles. The van der Waals surface area contributed by atoms with Gasteiger partial charge in [-0.25, -0.2) is 4.98 Å². The number of nitrogens with one attached hydrogen (secondary N) is 1. The Morgan fingerprint density at radius 2 is 2.00 bits per heavy atom. The van der Waals surface area contributed by atoms with Crippen molar-refractivity contribution in [2.45, 2.75) is 66.3 Å². The normalized spacial score (nSPS) is 16.6. The molecule has 2 atom stereocenters. The fourth-order valence-electron chi connectivity index (χ4n) is 2.23. The topological polar surface area (TPSA) is 24.9 Å². The summed E-state index contributed by atoms with van der Waals surface area (Å²) in [5.74, 6) is 0.597. The van der Waals surface area contributed by atoms with Gasteiger partial charge >= 0.3 is 0 Å². The SMILES string of the molecule is CCCNC(C)(c1nc(CC)c(C)s1)C(C)CC. The van der Waals surface area contributed by atoms with Gasteiger partial charge in [0.2, 0.25) is 0 Å². The lowest BCUT2D eigenvalue weighted by molar-refractivity contribution is 0.241. The number of aromatic nitrogens is 1. The Balaban J connectivity index is 3.07. The van der Waals surface area contributed by atoms with Crippen LogP contribution in [0.4, 0.5) is 0 Å². The van der Waals surface area contributed by atoms with Gasteiger partial charge in [0.25, 0.3) is 0 Å². The lowest BCUT2D eigenvalue weighted by Gasteiger charge is -2.34. The quantitative estimate of drug-likeness (QED) is 0.798. The summed E-state index contributed by atoms with van der Waals surface area (Å²) in [6.45, 7) is 14.6. The molecular weight excluding hydrogens is 240 g/mol. The van der Waals surface area contributed by atoms with E-state index in [0.717, 1.165) is 19.4 Å². The van der Waals surface area contributed by atoms with Crippen LogP contribution in [0.3, 0.4) is 0 Å². The van der Waals surface area contributed by atoms with Gasteiger partial charge in [-0.2, -0.15) is 0 Å². The van der Waals surface area contributed by atoms with Crippen molar-refractivity contribution in [1.82, 2.24) is 10.3 Å². The first kappa shape index (κ1) is 15.6. The van der Waals surface area contributed by atoms with Crippen LogP contribution in [0.15, 0.2) is 0 Å². The van der Waals surface area contributed by atoms with Crippen LogP contribution in [0.2, 0.25) is 0 Å². The monoisotopic (exact) mass is 268 g/mol. The number of nitrogens with zero attached hydrogens (tertiary/aromatic N) is 1.